The number of carbonyl (C=O) groups excluding carboxylic acids is 2. The Balaban J connectivity index is 2.82. The lowest BCUT2D eigenvalue weighted by Gasteiger charge is -2.23. The van der Waals surface area contributed by atoms with Crippen molar-refractivity contribution in [2.24, 2.45) is 4.99 Å². The second-order valence-electron chi connectivity index (χ2n) is 6.66. The molecule has 0 bridgehead atoms. The Labute approximate surface area is 130 Å². The van der Waals surface area contributed by atoms with Gasteiger partial charge in [-0.25, -0.2) is 15.0 Å². The maximum Gasteiger partial charge on any atom is 0.437 e. The van der Waals surface area contributed by atoms with Crippen LogP contribution in [0.5, 0.6) is 0 Å². The number of nitrogens with zero attached hydrogens (tertiary/aromatic N) is 2. The van der Waals surface area contributed by atoms with Crippen molar-refractivity contribution in [1.29, 1.82) is 0 Å². The Morgan fingerprint density at radius 1 is 1.14 bits per heavy atom. The molecule has 2 N–H and O–H groups in total. The fraction of sp³-hybridized carbons (Fsp3) is 0.643. The quantitative estimate of drug-likeness (QED) is 0.526. The van der Waals surface area contributed by atoms with E-state index in [1.165, 1.54) is 5.01 Å². The van der Waals surface area contributed by atoms with Gasteiger partial charge < -0.3 is 9.47 Å². The Morgan fingerprint density at radius 2 is 1.73 bits per heavy atom. The standard InChI is InChI=1S/C14H24N4O4/c1-13(2,3)21-11(19)16-10(18-9-7-8-15-18)17-12(20)22-14(4,5)6/h7,9,15H,8H2,1-6H3,(H,16,17,19,20). The van der Waals surface area contributed by atoms with Crippen molar-refractivity contribution in [3.05, 3.63) is 12.3 Å². The maximum atomic E-state index is 11.8. The van der Waals surface area contributed by atoms with E-state index in [-0.39, 0.29) is 5.96 Å². The Hall–Kier alpha value is -2.09. The lowest BCUT2D eigenvalue weighted by atomic mass is 10.2. The predicted molar refractivity (Wildman–Crippen MR) is 82.0 cm³/mol. The van der Waals surface area contributed by atoms with E-state index in [2.05, 4.69) is 15.7 Å². The molecule has 8 nitrogen and oxygen atoms in total. The fourth-order valence-corrected chi connectivity index (χ4v) is 1.42. The number of ether oxygens (including phenoxy) is 2. The number of nitrogens with one attached hydrogen (secondary N) is 2. The lowest BCUT2D eigenvalue weighted by molar-refractivity contribution is 0.0555. The topological polar surface area (TPSA) is 92.3 Å². The number of aliphatic imine (C=N–C) groups is 1. The molecule has 22 heavy (non-hydrogen) atoms. The molecule has 0 saturated heterocycles. The molecule has 0 fully saturated rings. The van der Waals surface area contributed by atoms with Crippen LogP contribution < -0.4 is 10.7 Å². The molecule has 1 aliphatic heterocycles. The lowest BCUT2D eigenvalue weighted by Crippen LogP contribution is -2.48. The summed E-state index contributed by atoms with van der Waals surface area (Å²) < 4.78 is 10.3. The molecule has 124 valence electrons. The van der Waals surface area contributed by atoms with Crippen LogP contribution in [0.1, 0.15) is 41.5 Å². The minimum Gasteiger partial charge on any atom is -0.444 e. The van der Waals surface area contributed by atoms with Crippen molar-refractivity contribution in [3.63, 3.8) is 0 Å². The number of hydrogen-bond donors (Lipinski definition) is 2. The van der Waals surface area contributed by atoms with E-state index >= 15 is 0 Å². The van der Waals surface area contributed by atoms with Crippen molar-refractivity contribution in [3.8, 4) is 0 Å². The minimum absolute atomic E-state index is 0.0164. The highest BCUT2D eigenvalue weighted by Crippen LogP contribution is 2.09. The molecule has 0 aromatic heterocycles. The molecule has 0 atom stereocenters. The van der Waals surface area contributed by atoms with E-state index in [9.17, 15) is 9.59 Å². The third-order valence-electron chi connectivity index (χ3n) is 2.07. The summed E-state index contributed by atoms with van der Waals surface area (Å²) in [6.45, 7) is 11.0. The van der Waals surface area contributed by atoms with Crippen LogP contribution in [0.2, 0.25) is 0 Å². The SMILES string of the molecule is CC(C)(C)OC(=O)N=C(NC(=O)OC(C)(C)C)N1C=CCN1. The van der Waals surface area contributed by atoms with Gasteiger partial charge in [0, 0.05) is 12.7 Å². The summed E-state index contributed by atoms with van der Waals surface area (Å²) in [7, 11) is 0. The van der Waals surface area contributed by atoms with Gasteiger partial charge in [0.1, 0.15) is 11.2 Å². The zero-order valence-electron chi connectivity index (χ0n) is 13.9. The number of amides is 2. The van der Waals surface area contributed by atoms with E-state index in [4.69, 9.17) is 9.47 Å². The van der Waals surface area contributed by atoms with Crippen LogP contribution in [0.15, 0.2) is 17.3 Å². The average Bonchev–Trinajstić information content (AvgIpc) is 2.75. The molecule has 0 spiro atoms. The summed E-state index contributed by atoms with van der Waals surface area (Å²) in [4.78, 5) is 27.4. The normalized spacial score (nSPS) is 15.7. The van der Waals surface area contributed by atoms with Gasteiger partial charge in [0.15, 0.2) is 0 Å². The molecule has 0 radical (unpaired) electrons. The molecule has 8 heteroatoms. The van der Waals surface area contributed by atoms with Crippen LogP contribution in [0.4, 0.5) is 9.59 Å². The number of alkyl carbamates (subject to hydrolysis) is 1. The van der Waals surface area contributed by atoms with E-state index < -0.39 is 23.4 Å². The van der Waals surface area contributed by atoms with Crippen molar-refractivity contribution in [2.45, 2.75) is 52.7 Å². The third kappa shape index (κ3) is 7.07. The number of rotatable bonds is 0. The Bertz CT molecular complexity index is 486. The predicted octanol–water partition coefficient (Wildman–Crippen LogP) is 2.14. The molecular formula is C14H24N4O4. The van der Waals surface area contributed by atoms with Crippen LogP contribution >= 0.6 is 0 Å². The molecule has 2 amide bonds. The number of hydrazine groups is 1. The molecule has 0 unspecified atom stereocenters. The van der Waals surface area contributed by atoms with Crippen LogP contribution in [0.25, 0.3) is 0 Å². The van der Waals surface area contributed by atoms with Crippen molar-refractivity contribution < 1.29 is 19.1 Å². The van der Waals surface area contributed by atoms with Crippen molar-refractivity contribution in [2.75, 3.05) is 6.54 Å². The van der Waals surface area contributed by atoms with Gasteiger partial charge in [0.05, 0.1) is 0 Å². The van der Waals surface area contributed by atoms with Gasteiger partial charge in [-0.3, -0.25) is 10.3 Å². The Kier molecular flexibility index (Phi) is 5.54. The monoisotopic (exact) mass is 312 g/mol. The van der Waals surface area contributed by atoms with Gasteiger partial charge in [-0.15, -0.1) is 4.99 Å². The molecule has 0 aromatic carbocycles. The molecule has 1 aliphatic rings. The highest BCUT2D eigenvalue weighted by Gasteiger charge is 2.23. The van der Waals surface area contributed by atoms with E-state index in [1.54, 1.807) is 53.8 Å². The van der Waals surface area contributed by atoms with Gasteiger partial charge in [-0.2, -0.15) is 0 Å². The molecular weight excluding hydrogens is 288 g/mol. The van der Waals surface area contributed by atoms with Crippen LogP contribution in [0.3, 0.4) is 0 Å². The number of guanidine groups is 1. The highest BCUT2D eigenvalue weighted by molar-refractivity contribution is 5.99. The van der Waals surface area contributed by atoms with Gasteiger partial charge in [0.2, 0.25) is 5.96 Å². The molecule has 1 heterocycles. The summed E-state index contributed by atoms with van der Waals surface area (Å²) in [5.74, 6) is -0.0164. The van der Waals surface area contributed by atoms with Gasteiger partial charge in [-0.05, 0) is 41.5 Å². The van der Waals surface area contributed by atoms with Crippen LogP contribution in [-0.4, -0.2) is 40.9 Å². The van der Waals surface area contributed by atoms with E-state index in [1.807, 2.05) is 0 Å². The first-order valence-electron chi connectivity index (χ1n) is 6.97. The van der Waals surface area contributed by atoms with Gasteiger partial charge in [-0.1, -0.05) is 6.08 Å². The summed E-state index contributed by atoms with van der Waals surface area (Å²) in [6.07, 6.45) is 1.93. The molecule has 0 aliphatic carbocycles. The first-order valence-corrected chi connectivity index (χ1v) is 6.97. The zero-order valence-corrected chi connectivity index (χ0v) is 13.9. The summed E-state index contributed by atoms with van der Waals surface area (Å²) in [5, 5.41) is 3.84. The van der Waals surface area contributed by atoms with Crippen LogP contribution in [0, 0.1) is 0 Å². The number of carbonyl (C=O) groups is 2. The summed E-state index contributed by atoms with van der Waals surface area (Å²) in [5.41, 5.74) is 1.57. The van der Waals surface area contributed by atoms with Gasteiger partial charge in [0.25, 0.3) is 0 Å². The van der Waals surface area contributed by atoms with Crippen LogP contribution in [-0.2, 0) is 9.47 Å². The number of hydrogen-bond acceptors (Lipinski definition) is 5. The molecule has 0 aromatic rings. The van der Waals surface area contributed by atoms with E-state index in [0.29, 0.717) is 6.54 Å². The summed E-state index contributed by atoms with van der Waals surface area (Å²) >= 11 is 0. The third-order valence-corrected chi connectivity index (χ3v) is 2.07. The second kappa shape index (κ2) is 6.78. The summed E-state index contributed by atoms with van der Waals surface area (Å²) in [6, 6.07) is 0. The maximum absolute atomic E-state index is 11.8. The second-order valence-corrected chi connectivity index (χ2v) is 6.66. The molecule has 0 saturated carbocycles. The van der Waals surface area contributed by atoms with Gasteiger partial charge >= 0.3 is 12.2 Å². The Morgan fingerprint density at radius 3 is 2.18 bits per heavy atom. The smallest absolute Gasteiger partial charge is 0.437 e. The first kappa shape index (κ1) is 18.0. The average molecular weight is 312 g/mol. The fourth-order valence-electron chi connectivity index (χ4n) is 1.42. The largest absolute Gasteiger partial charge is 0.444 e. The first-order chi connectivity index (χ1) is 9.96. The zero-order chi connectivity index (χ0) is 17.0. The molecule has 1 rings (SSSR count). The minimum atomic E-state index is -0.805. The van der Waals surface area contributed by atoms with Crippen molar-refractivity contribution >= 4 is 18.1 Å². The highest BCUT2D eigenvalue weighted by atomic mass is 16.6. The van der Waals surface area contributed by atoms with E-state index in [0.717, 1.165) is 0 Å². The van der Waals surface area contributed by atoms with Crippen molar-refractivity contribution in [1.82, 2.24) is 15.8 Å².